The fourth-order valence-electron chi connectivity index (χ4n) is 3.28. The Balaban J connectivity index is 1.33. The molecule has 4 rings (SSSR count). The van der Waals surface area contributed by atoms with Gasteiger partial charge < -0.3 is 14.2 Å². The van der Waals surface area contributed by atoms with Gasteiger partial charge in [-0.05, 0) is 42.5 Å². The average molecular weight is 457 g/mol. The van der Waals surface area contributed by atoms with Crippen molar-refractivity contribution >= 4 is 21.8 Å². The third-order valence-electron chi connectivity index (χ3n) is 4.91. The minimum Gasteiger partial charge on any atom is -0.497 e. The lowest BCUT2D eigenvalue weighted by atomic mass is 10.2. The van der Waals surface area contributed by atoms with Crippen molar-refractivity contribution in [2.75, 3.05) is 33.3 Å². The first-order chi connectivity index (χ1) is 14.1. The van der Waals surface area contributed by atoms with Crippen LogP contribution in [0.2, 0.25) is 0 Å². The van der Waals surface area contributed by atoms with Gasteiger partial charge in [0.1, 0.15) is 5.75 Å². The quantitative estimate of drug-likeness (QED) is 0.585. The molecule has 29 heavy (non-hydrogen) atoms. The lowest BCUT2D eigenvalue weighted by Gasteiger charge is -2.34. The van der Waals surface area contributed by atoms with E-state index in [1.165, 1.54) is 0 Å². The molecule has 1 fully saturated rings. The maximum Gasteiger partial charge on any atom is 0.253 e. The number of piperazine rings is 1. The number of benzene rings is 2. The molecule has 8 heteroatoms. The van der Waals surface area contributed by atoms with Gasteiger partial charge in [0.25, 0.3) is 5.91 Å². The Morgan fingerprint density at radius 1 is 1.14 bits per heavy atom. The molecule has 0 saturated carbocycles. The van der Waals surface area contributed by atoms with Gasteiger partial charge >= 0.3 is 0 Å². The summed E-state index contributed by atoms with van der Waals surface area (Å²) in [5, 5.41) is 4.08. The molecule has 1 aliphatic heterocycles. The molecule has 3 aromatic rings. The fourth-order valence-corrected chi connectivity index (χ4v) is 3.68. The van der Waals surface area contributed by atoms with Gasteiger partial charge in [-0.2, -0.15) is 4.98 Å². The van der Waals surface area contributed by atoms with Gasteiger partial charge in [0.05, 0.1) is 13.7 Å². The van der Waals surface area contributed by atoms with Crippen LogP contribution in [-0.2, 0) is 6.54 Å². The fraction of sp³-hybridized carbons (Fsp3) is 0.286. The van der Waals surface area contributed by atoms with Crippen molar-refractivity contribution in [3.63, 3.8) is 0 Å². The van der Waals surface area contributed by atoms with Crippen LogP contribution in [0.15, 0.2) is 57.5 Å². The zero-order valence-electron chi connectivity index (χ0n) is 16.0. The molecule has 1 amide bonds. The standard InChI is InChI=1S/C21H21BrN4O3/c1-28-18-7-5-15(6-8-18)20-23-19(29-24-20)14-25-9-11-26(12-10-25)21(27)16-3-2-4-17(22)13-16/h2-8,13H,9-12,14H2,1H3. The van der Waals surface area contributed by atoms with Crippen LogP contribution in [-0.4, -0.2) is 59.1 Å². The summed E-state index contributed by atoms with van der Waals surface area (Å²) in [6.07, 6.45) is 0. The Morgan fingerprint density at radius 3 is 2.59 bits per heavy atom. The number of rotatable bonds is 5. The van der Waals surface area contributed by atoms with Crippen LogP contribution in [0.1, 0.15) is 16.2 Å². The summed E-state index contributed by atoms with van der Waals surface area (Å²) in [6.45, 7) is 3.44. The molecule has 1 aliphatic rings. The van der Waals surface area contributed by atoms with Crippen molar-refractivity contribution in [3.05, 3.63) is 64.5 Å². The average Bonchev–Trinajstić information content (AvgIpc) is 3.22. The van der Waals surface area contributed by atoms with Crippen molar-refractivity contribution in [1.29, 1.82) is 0 Å². The molecule has 0 unspecified atom stereocenters. The first kappa shape index (κ1) is 19.6. The zero-order chi connectivity index (χ0) is 20.2. The molecule has 1 aromatic heterocycles. The van der Waals surface area contributed by atoms with Crippen molar-refractivity contribution in [1.82, 2.24) is 19.9 Å². The van der Waals surface area contributed by atoms with Gasteiger partial charge in [-0.1, -0.05) is 27.2 Å². The van der Waals surface area contributed by atoms with Crippen LogP contribution >= 0.6 is 15.9 Å². The second-order valence-corrected chi connectivity index (χ2v) is 7.73. The summed E-state index contributed by atoms with van der Waals surface area (Å²) in [5.41, 5.74) is 1.58. The SMILES string of the molecule is COc1ccc(-c2noc(CN3CCN(C(=O)c4cccc(Br)c4)CC3)n2)cc1. The van der Waals surface area contributed by atoms with E-state index < -0.39 is 0 Å². The van der Waals surface area contributed by atoms with Gasteiger partial charge in [0.2, 0.25) is 11.7 Å². The molecular formula is C21H21BrN4O3. The molecule has 0 radical (unpaired) electrons. The molecule has 1 saturated heterocycles. The first-order valence-electron chi connectivity index (χ1n) is 9.36. The number of carbonyl (C=O) groups is 1. The minimum absolute atomic E-state index is 0.0607. The van der Waals surface area contributed by atoms with Gasteiger partial charge in [0, 0.05) is 41.8 Å². The summed E-state index contributed by atoms with van der Waals surface area (Å²) in [6, 6.07) is 15.0. The van der Waals surface area contributed by atoms with E-state index in [-0.39, 0.29) is 5.91 Å². The van der Waals surface area contributed by atoms with Crippen molar-refractivity contribution in [3.8, 4) is 17.1 Å². The second-order valence-electron chi connectivity index (χ2n) is 6.82. The van der Waals surface area contributed by atoms with Crippen LogP contribution in [0.4, 0.5) is 0 Å². The first-order valence-corrected chi connectivity index (χ1v) is 10.2. The summed E-state index contributed by atoms with van der Waals surface area (Å²) >= 11 is 3.42. The van der Waals surface area contributed by atoms with E-state index in [1.807, 2.05) is 53.4 Å². The Labute approximate surface area is 177 Å². The van der Waals surface area contributed by atoms with Crippen LogP contribution < -0.4 is 4.74 Å². The van der Waals surface area contributed by atoms with Crippen molar-refractivity contribution in [2.45, 2.75) is 6.54 Å². The van der Waals surface area contributed by atoms with E-state index in [9.17, 15) is 4.79 Å². The largest absolute Gasteiger partial charge is 0.497 e. The smallest absolute Gasteiger partial charge is 0.253 e. The third kappa shape index (κ3) is 4.65. The number of methoxy groups -OCH3 is 1. The molecule has 0 bridgehead atoms. The maximum absolute atomic E-state index is 12.7. The molecular weight excluding hydrogens is 436 g/mol. The van der Waals surface area contributed by atoms with E-state index in [2.05, 4.69) is 31.0 Å². The van der Waals surface area contributed by atoms with Crippen LogP contribution in [0.25, 0.3) is 11.4 Å². The van der Waals surface area contributed by atoms with E-state index in [0.717, 1.165) is 28.9 Å². The second kappa shape index (κ2) is 8.75. The van der Waals surface area contributed by atoms with Crippen LogP contribution in [0.3, 0.4) is 0 Å². The molecule has 0 N–H and O–H groups in total. The predicted molar refractivity (Wildman–Crippen MR) is 112 cm³/mol. The van der Waals surface area contributed by atoms with Gasteiger partial charge in [-0.25, -0.2) is 0 Å². The van der Waals surface area contributed by atoms with E-state index in [1.54, 1.807) is 7.11 Å². The van der Waals surface area contributed by atoms with Gasteiger partial charge in [-0.15, -0.1) is 0 Å². The maximum atomic E-state index is 12.7. The summed E-state index contributed by atoms with van der Waals surface area (Å²) in [7, 11) is 1.63. The lowest BCUT2D eigenvalue weighted by molar-refractivity contribution is 0.0615. The number of carbonyl (C=O) groups excluding carboxylic acids is 1. The van der Waals surface area contributed by atoms with E-state index in [0.29, 0.717) is 36.9 Å². The summed E-state index contributed by atoms with van der Waals surface area (Å²) in [5.74, 6) is 1.98. The highest BCUT2D eigenvalue weighted by molar-refractivity contribution is 9.10. The normalized spacial score (nSPS) is 14.8. The minimum atomic E-state index is 0.0607. The number of aromatic nitrogens is 2. The molecule has 150 valence electrons. The predicted octanol–water partition coefficient (Wildman–Crippen LogP) is 3.47. The number of hydrogen-bond acceptors (Lipinski definition) is 6. The number of ether oxygens (including phenoxy) is 1. The molecule has 7 nitrogen and oxygen atoms in total. The topological polar surface area (TPSA) is 71.7 Å². The van der Waals surface area contributed by atoms with Crippen LogP contribution in [0.5, 0.6) is 5.75 Å². The van der Waals surface area contributed by atoms with E-state index >= 15 is 0 Å². The number of halogens is 1. The Kier molecular flexibility index (Phi) is 5.92. The highest BCUT2D eigenvalue weighted by Gasteiger charge is 2.23. The third-order valence-corrected chi connectivity index (χ3v) is 5.40. The lowest BCUT2D eigenvalue weighted by Crippen LogP contribution is -2.48. The molecule has 0 atom stereocenters. The van der Waals surface area contributed by atoms with Gasteiger partial charge in [0.15, 0.2) is 0 Å². The number of hydrogen-bond donors (Lipinski definition) is 0. The highest BCUT2D eigenvalue weighted by atomic mass is 79.9. The highest BCUT2D eigenvalue weighted by Crippen LogP contribution is 2.20. The molecule has 2 heterocycles. The zero-order valence-corrected chi connectivity index (χ0v) is 17.6. The summed E-state index contributed by atoms with van der Waals surface area (Å²) < 4.78 is 11.5. The Hall–Kier alpha value is -2.71. The summed E-state index contributed by atoms with van der Waals surface area (Å²) in [4.78, 5) is 21.3. The molecule has 0 spiro atoms. The van der Waals surface area contributed by atoms with Crippen LogP contribution in [0, 0.1) is 0 Å². The van der Waals surface area contributed by atoms with Gasteiger partial charge in [-0.3, -0.25) is 9.69 Å². The number of amides is 1. The number of nitrogens with zero attached hydrogens (tertiary/aromatic N) is 4. The Morgan fingerprint density at radius 2 is 1.90 bits per heavy atom. The molecule has 0 aliphatic carbocycles. The van der Waals surface area contributed by atoms with Crippen molar-refractivity contribution < 1.29 is 14.1 Å². The van der Waals surface area contributed by atoms with E-state index in [4.69, 9.17) is 9.26 Å². The molecule has 2 aromatic carbocycles. The Bertz CT molecular complexity index is 982. The van der Waals surface area contributed by atoms with Crippen molar-refractivity contribution in [2.24, 2.45) is 0 Å². The monoisotopic (exact) mass is 456 g/mol.